The van der Waals surface area contributed by atoms with E-state index < -0.39 is 0 Å². The number of anilines is 2. The lowest BCUT2D eigenvalue weighted by molar-refractivity contribution is -0.117. The Balaban J connectivity index is 1.62. The molecule has 0 radical (unpaired) electrons. The van der Waals surface area contributed by atoms with Crippen molar-refractivity contribution in [3.8, 4) is 0 Å². The molecular weight excluding hydrogens is 374 g/mol. The number of thiophene rings is 1. The smallest absolute Gasteiger partial charge is 0.264 e. The molecule has 2 aromatic rings. The van der Waals surface area contributed by atoms with Gasteiger partial charge < -0.3 is 15.5 Å². The van der Waals surface area contributed by atoms with Crippen molar-refractivity contribution in [1.82, 2.24) is 4.90 Å². The highest BCUT2D eigenvalue weighted by Gasteiger charge is 2.30. The van der Waals surface area contributed by atoms with Crippen molar-refractivity contribution in [2.75, 3.05) is 24.2 Å². The topological polar surface area (TPSA) is 78.5 Å². The molecule has 1 saturated carbocycles. The van der Waals surface area contributed by atoms with Gasteiger partial charge in [-0.2, -0.15) is 0 Å². The Kier molecular flexibility index (Phi) is 5.84. The van der Waals surface area contributed by atoms with Gasteiger partial charge in [-0.25, -0.2) is 0 Å². The van der Waals surface area contributed by atoms with Crippen LogP contribution in [-0.4, -0.2) is 36.2 Å². The predicted octanol–water partition coefficient (Wildman–Crippen LogP) is 3.73. The van der Waals surface area contributed by atoms with Gasteiger partial charge in [0.1, 0.15) is 0 Å². The van der Waals surface area contributed by atoms with Crippen molar-refractivity contribution in [3.05, 3.63) is 45.8 Å². The lowest BCUT2D eigenvalue weighted by Crippen LogP contribution is -2.35. The monoisotopic (exact) mass is 399 g/mol. The van der Waals surface area contributed by atoms with Crippen molar-refractivity contribution in [3.63, 3.8) is 0 Å². The second-order valence-electron chi connectivity index (χ2n) is 7.34. The van der Waals surface area contributed by atoms with E-state index >= 15 is 0 Å². The minimum absolute atomic E-state index is 0.0153. The van der Waals surface area contributed by atoms with Gasteiger partial charge in [0.05, 0.1) is 16.4 Å². The molecule has 3 rings (SSSR count). The normalized spacial score (nSPS) is 13.1. The molecule has 1 fully saturated rings. The highest BCUT2D eigenvalue weighted by Crippen LogP contribution is 2.33. The first-order valence-electron chi connectivity index (χ1n) is 9.29. The van der Waals surface area contributed by atoms with Crippen LogP contribution in [0.5, 0.6) is 0 Å². The zero-order chi connectivity index (χ0) is 20.4. The van der Waals surface area contributed by atoms with Gasteiger partial charge in [0, 0.05) is 18.7 Å². The first kappa shape index (κ1) is 20.1. The lowest BCUT2D eigenvalue weighted by Gasteiger charge is -2.17. The van der Waals surface area contributed by atoms with Crippen LogP contribution in [0.15, 0.2) is 24.3 Å². The number of hydrogen-bond acceptors (Lipinski definition) is 4. The quantitative estimate of drug-likeness (QED) is 0.777. The van der Waals surface area contributed by atoms with Crippen LogP contribution in [0.25, 0.3) is 0 Å². The Morgan fingerprint density at radius 2 is 1.82 bits per heavy atom. The molecule has 148 valence electrons. The summed E-state index contributed by atoms with van der Waals surface area (Å²) in [5.74, 6) is -0.355. The Bertz CT molecular complexity index is 931. The second-order valence-corrected chi connectivity index (χ2v) is 8.40. The zero-order valence-corrected chi connectivity index (χ0v) is 17.4. The minimum Gasteiger partial charge on any atom is -0.332 e. The number of aryl methyl sites for hydroxylation is 2. The predicted molar refractivity (Wildman–Crippen MR) is 112 cm³/mol. The molecule has 0 bridgehead atoms. The summed E-state index contributed by atoms with van der Waals surface area (Å²) >= 11 is 1.25. The second kappa shape index (κ2) is 8.14. The summed E-state index contributed by atoms with van der Waals surface area (Å²) in [6, 6.07) is 7.53. The Hall–Kier alpha value is -2.67. The van der Waals surface area contributed by atoms with Gasteiger partial charge in [-0.1, -0.05) is 12.1 Å². The number of carbonyl (C=O) groups is 3. The molecule has 0 saturated heterocycles. The molecule has 3 amide bonds. The molecule has 1 aromatic carbocycles. The van der Waals surface area contributed by atoms with Gasteiger partial charge in [0.2, 0.25) is 11.8 Å². The standard InChI is InChI=1S/C21H25N3O3S/c1-12-6-5-7-16(14(12)3)22-17(25)11-24(4)21(27)19-13(2)10-18(28-19)23-20(26)15-8-9-15/h5-7,10,15H,8-9,11H2,1-4H3,(H,22,25)(H,23,26). The highest BCUT2D eigenvalue weighted by molar-refractivity contribution is 7.18. The summed E-state index contributed by atoms with van der Waals surface area (Å²) in [6.45, 7) is 5.72. The number of carbonyl (C=O) groups excluding carboxylic acids is 3. The van der Waals surface area contributed by atoms with E-state index in [1.807, 2.05) is 45.0 Å². The molecule has 1 aliphatic carbocycles. The summed E-state index contributed by atoms with van der Waals surface area (Å²) in [6.07, 6.45) is 1.86. The van der Waals surface area contributed by atoms with Crippen LogP contribution in [0.2, 0.25) is 0 Å². The van der Waals surface area contributed by atoms with Crippen molar-refractivity contribution >= 4 is 39.7 Å². The van der Waals surface area contributed by atoms with E-state index in [2.05, 4.69) is 10.6 Å². The third-order valence-corrected chi connectivity index (χ3v) is 6.05. The molecule has 0 atom stereocenters. The maximum atomic E-state index is 12.8. The first-order valence-corrected chi connectivity index (χ1v) is 10.1. The first-order chi connectivity index (χ1) is 13.3. The van der Waals surface area contributed by atoms with Gasteiger partial charge in [-0.15, -0.1) is 11.3 Å². The average molecular weight is 400 g/mol. The Morgan fingerprint density at radius 1 is 1.11 bits per heavy atom. The summed E-state index contributed by atoms with van der Waals surface area (Å²) < 4.78 is 0. The van der Waals surface area contributed by atoms with Crippen LogP contribution >= 0.6 is 11.3 Å². The van der Waals surface area contributed by atoms with E-state index in [1.54, 1.807) is 7.05 Å². The minimum atomic E-state index is -0.249. The largest absolute Gasteiger partial charge is 0.332 e. The highest BCUT2D eigenvalue weighted by atomic mass is 32.1. The van der Waals surface area contributed by atoms with Gasteiger partial charge in [0.25, 0.3) is 5.91 Å². The van der Waals surface area contributed by atoms with E-state index in [9.17, 15) is 14.4 Å². The van der Waals surface area contributed by atoms with Crippen molar-refractivity contribution < 1.29 is 14.4 Å². The van der Waals surface area contributed by atoms with Crippen molar-refractivity contribution in [2.45, 2.75) is 33.6 Å². The van der Waals surface area contributed by atoms with E-state index in [-0.39, 0.29) is 30.2 Å². The number of nitrogens with one attached hydrogen (secondary N) is 2. The molecule has 1 aromatic heterocycles. The number of likely N-dealkylation sites (N-methyl/N-ethyl adjacent to an activating group) is 1. The maximum absolute atomic E-state index is 12.8. The third kappa shape index (κ3) is 4.59. The SMILES string of the molecule is Cc1cc(NC(=O)C2CC2)sc1C(=O)N(C)CC(=O)Nc1cccc(C)c1C. The number of benzene rings is 1. The molecule has 0 aliphatic heterocycles. The van der Waals surface area contributed by atoms with Gasteiger partial charge in [-0.3, -0.25) is 14.4 Å². The van der Waals surface area contributed by atoms with Gasteiger partial charge >= 0.3 is 0 Å². The van der Waals surface area contributed by atoms with E-state index in [1.165, 1.54) is 16.2 Å². The summed E-state index contributed by atoms with van der Waals surface area (Å²) in [5.41, 5.74) is 3.65. The summed E-state index contributed by atoms with van der Waals surface area (Å²) in [7, 11) is 1.60. The zero-order valence-electron chi connectivity index (χ0n) is 16.6. The molecule has 0 spiro atoms. The fraction of sp³-hybridized carbons (Fsp3) is 0.381. The summed E-state index contributed by atoms with van der Waals surface area (Å²) in [4.78, 5) is 39.0. The summed E-state index contributed by atoms with van der Waals surface area (Å²) in [5, 5.41) is 6.41. The molecular formula is C21H25N3O3S. The van der Waals surface area contributed by atoms with E-state index in [4.69, 9.17) is 0 Å². The Morgan fingerprint density at radius 3 is 2.50 bits per heavy atom. The lowest BCUT2D eigenvalue weighted by atomic mass is 10.1. The van der Waals surface area contributed by atoms with Gasteiger partial charge in [0.15, 0.2) is 0 Å². The molecule has 1 aliphatic rings. The number of nitrogens with zero attached hydrogens (tertiary/aromatic N) is 1. The fourth-order valence-electron chi connectivity index (χ4n) is 2.86. The van der Waals surface area contributed by atoms with Crippen LogP contribution in [0.4, 0.5) is 10.7 Å². The number of amides is 3. The van der Waals surface area contributed by atoms with E-state index in [0.29, 0.717) is 9.88 Å². The van der Waals surface area contributed by atoms with Crippen LogP contribution in [0.1, 0.15) is 39.2 Å². The van der Waals surface area contributed by atoms with Crippen LogP contribution in [-0.2, 0) is 9.59 Å². The van der Waals surface area contributed by atoms with Crippen molar-refractivity contribution in [2.24, 2.45) is 5.92 Å². The van der Waals surface area contributed by atoms with Crippen LogP contribution in [0.3, 0.4) is 0 Å². The van der Waals surface area contributed by atoms with Gasteiger partial charge in [-0.05, 0) is 62.4 Å². The molecule has 1 heterocycles. The number of rotatable bonds is 6. The average Bonchev–Trinajstić information content (AvgIpc) is 3.42. The van der Waals surface area contributed by atoms with Crippen LogP contribution < -0.4 is 10.6 Å². The van der Waals surface area contributed by atoms with Crippen molar-refractivity contribution in [1.29, 1.82) is 0 Å². The third-order valence-electron chi connectivity index (χ3n) is 4.91. The molecule has 0 unspecified atom stereocenters. The molecule has 7 heteroatoms. The maximum Gasteiger partial charge on any atom is 0.264 e. The molecule has 28 heavy (non-hydrogen) atoms. The fourth-order valence-corrected chi connectivity index (χ4v) is 3.93. The molecule has 6 nitrogen and oxygen atoms in total. The van der Waals surface area contributed by atoms with E-state index in [0.717, 1.165) is 35.2 Å². The molecule has 2 N–H and O–H groups in total. The Labute approximate surface area is 168 Å². The van der Waals surface area contributed by atoms with Crippen LogP contribution in [0, 0.1) is 26.7 Å². The number of hydrogen-bond donors (Lipinski definition) is 2.